The summed E-state index contributed by atoms with van der Waals surface area (Å²) in [4.78, 5) is 0. The Balaban J connectivity index is 1.42. The summed E-state index contributed by atoms with van der Waals surface area (Å²) in [6.45, 7) is 9.55. The van der Waals surface area contributed by atoms with Crippen LogP contribution in [0.4, 0.5) is 0 Å². The first kappa shape index (κ1) is 27.6. The van der Waals surface area contributed by atoms with Crippen molar-refractivity contribution in [2.24, 2.45) is 0 Å². The van der Waals surface area contributed by atoms with Crippen LogP contribution in [0.3, 0.4) is 0 Å². The van der Waals surface area contributed by atoms with E-state index in [1.54, 1.807) is 0 Å². The summed E-state index contributed by atoms with van der Waals surface area (Å²) in [6, 6.07) is 54.5. The minimum Gasteiger partial charge on any atom is -0.0656 e. The highest BCUT2D eigenvalue weighted by atomic mass is 28.3. The summed E-state index contributed by atoms with van der Waals surface area (Å²) >= 11 is 0. The molecule has 0 aliphatic carbocycles. The van der Waals surface area contributed by atoms with Crippen LogP contribution in [0.5, 0.6) is 0 Å². The maximum absolute atomic E-state index is 2.52. The minimum absolute atomic E-state index is 1.24. The standard InChI is InChI=1S/C44H36Si/c1-29-16-24-39-41(26-29)44(38-15-9-13-32-11-7-8-14-37(32)38)40-25-23-36(45(2,3)4)28-42(40)43(39)33-20-17-31(18-21-33)35-22-19-30-10-5-6-12-34(30)27-35/h5-28H,1-4H3. The van der Waals surface area contributed by atoms with E-state index in [9.17, 15) is 0 Å². The Morgan fingerprint density at radius 2 is 1.00 bits per heavy atom. The molecule has 0 atom stereocenters. The van der Waals surface area contributed by atoms with Gasteiger partial charge < -0.3 is 0 Å². The fourth-order valence-electron chi connectivity index (χ4n) is 7.05. The molecule has 0 radical (unpaired) electrons. The Morgan fingerprint density at radius 1 is 0.378 bits per heavy atom. The van der Waals surface area contributed by atoms with Crippen molar-refractivity contribution in [2.45, 2.75) is 26.6 Å². The number of hydrogen-bond donors (Lipinski definition) is 0. The largest absolute Gasteiger partial charge is 0.0776 e. The summed E-state index contributed by atoms with van der Waals surface area (Å²) in [5, 5.41) is 11.9. The third-order valence-electron chi connectivity index (χ3n) is 9.45. The van der Waals surface area contributed by atoms with E-state index in [1.807, 2.05) is 0 Å². The first-order valence-corrected chi connectivity index (χ1v) is 19.4. The number of rotatable bonds is 4. The van der Waals surface area contributed by atoms with Gasteiger partial charge in [-0.05, 0) is 89.5 Å². The van der Waals surface area contributed by atoms with Crippen molar-refractivity contribution in [1.82, 2.24) is 0 Å². The van der Waals surface area contributed by atoms with Gasteiger partial charge in [-0.3, -0.25) is 0 Å². The van der Waals surface area contributed by atoms with Crippen molar-refractivity contribution >= 4 is 56.4 Å². The van der Waals surface area contributed by atoms with E-state index in [1.165, 1.54) is 87.2 Å². The molecule has 0 bridgehead atoms. The predicted molar refractivity (Wildman–Crippen MR) is 200 cm³/mol. The molecule has 0 N–H and O–H groups in total. The van der Waals surface area contributed by atoms with Gasteiger partial charge in [0.25, 0.3) is 0 Å². The molecule has 0 spiro atoms. The lowest BCUT2D eigenvalue weighted by atomic mass is 9.84. The Morgan fingerprint density at radius 3 is 1.80 bits per heavy atom. The number of hydrogen-bond acceptors (Lipinski definition) is 0. The van der Waals surface area contributed by atoms with Crippen LogP contribution < -0.4 is 5.19 Å². The van der Waals surface area contributed by atoms with Crippen molar-refractivity contribution in [3.8, 4) is 33.4 Å². The third-order valence-corrected chi connectivity index (χ3v) is 11.5. The zero-order valence-corrected chi connectivity index (χ0v) is 27.4. The van der Waals surface area contributed by atoms with Crippen LogP contribution in [0.1, 0.15) is 5.56 Å². The van der Waals surface area contributed by atoms with Crippen molar-refractivity contribution in [1.29, 1.82) is 0 Å². The lowest BCUT2D eigenvalue weighted by Crippen LogP contribution is -2.37. The molecule has 0 fully saturated rings. The average molecular weight is 593 g/mol. The van der Waals surface area contributed by atoms with Gasteiger partial charge >= 0.3 is 0 Å². The van der Waals surface area contributed by atoms with Gasteiger partial charge in [0.15, 0.2) is 0 Å². The second kappa shape index (κ2) is 10.6. The zero-order valence-electron chi connectivity index (χ0n) is 26.4. The lowest BCUT2D eigenvalue weighted by Gasteiger charge is -2.22. The first-order chi connectivity index (χ1) is 21.8. The van der Waals surface area contributed by atoms with Gasteiger partial charge in [0.1, 0.15) is 0 Å². The van der Waals surface area contributed by atoms with Gasteiger partial charge in [-0.15, -0.1) is 0 Å². The lowest BCUT2D eigenvalue weighted by molar-refractivity contribution is 1.51. The molecule has 0 heterocycles. The fraction of sp³-hybridized carbons (Fsp3) is 0.0909. The molecule has 0 unspecified atom stereocenters. The average Bonchev–Trinajstić information content (AvgIpc) is 3.06. The molecule has 8 aromatic carbocycles. The van der Waals surface area contributed by atoms with E-state index in [4.69, 9.17) is 0 Å². The Hall–Kier alpha value is -4.98. The summed E-state index contributed by atoms with van der Waals surface area (Å²) in [6.07, 6.45) is 0. The first-order valence-electron chi connectivity index (χ1n) is 15.9. The summed E-state index contributed by atoms with van der Waals surface area (Å²) in [7, 11) is -1.57. The Bertz CT molecular complexity index is 2400. The van der Waals surface area contributed by atoms with E-state index in [0.29, 0.717) is 0 Å². The highest BCUT2D eigenvalue weighted by Gasteiger charge is 2.22. The molecule has 0 aliphatic heterocycles. The molecule has 0 aliphatic rings. The highest BCUT2D eigenvalue weighted by Crippen LogP contribution is 2.45. The molecule has 0 saturated heterocycles. The number of benzene rings is 8. The SMILES string of the molecule is Cc1ccc2c(-c3ccc(-c4ccc5ccccc5c4)cc3)c3cc([Si](C)(C)C)ccc3c(-c3cccc4ccccc34)c2c1. The van der Waals surface area contributed by atoms with E-state index in [0.717, 1.165) is 0 Å². The van der Waals surface area contributed by atoms with Crippen molar-refractivity contribution in [3.05, 3.63) is 151 Å². The van der Waals surface area contributed by atoms with Gasteiger partial charge in [-0.1, -0.05) is 170 Å². The molecule has 0 amide bonds. The molecule has 8 aromatic rings. The summed E-state index contributed by atoms with van der Waals surface area (Å²) in [5.41, 5.74) is 8.98. The van der Waals surface area contributed by atoms with Gasteiger partial charge in [0.05, 0.1) is 8.07 Å². The second-order valence-corrected chi connectivity index (χ2v) is 18.6. The molecule has 216 valence electrons. The molecule has 1 heteroatoms. The van der Waals surface area contributed by atoms with Gasteiger partial charge in [-0.2, -0.15) is 0 Å². The topological polar surface area (TPSA) is 0 Å². The normalized spacial score (nSPS) is 12.0. The number of fused-ring (bicyclic) bond motifs is 4. The molecular formula is C44H36Si. The van der Waals surface area contributed by atoms with Crippen molar-refractivity contribution in [3.63, 3.8) is 0 Å². The Labute approximate surface area is 266 Å². The molecular weight excluding hydrogens is 557 g/mol. The highest BCUT2D eigenvalue weighted by molar-refractivity contribution is 6.88. The van der Waals surface area contributed by atoms with Crippen molar-refractivity contribution < 1.29 is 0 Å². The van der Waals surface area contributed by atoms with E-state index >= 15 is 0 Å². The van der Waals surface area contributed by atoms with Gasteiger partial charge in [-0.25, -0.2) is 0 Å². The van der Waals surface area contributed by atoms with Gasteiger partial charge in [0.2, 0.25) is 0 Å². The Kier molecular flexibility index (Phi) is 6.48. The van der Waals surface area contributed by atoms with Crippen LogP contribution in [-0.4, -0.2) is 8.07 Å². The van der Waals surface area contributed by atoms with Crippen LogP contribution in [-0.2, 0) is 0 Å². The molecule has 0 aromatic heterocycles. The van der Waals surface area contributed by atoms with E-state index < -0.39 is 8.07 Å². The molecule has 0 nitrogen and oxygen atoms in total. The van der Waals surface area contributed by atoms with E-state index in [-0.39, 0.29) is 0 Å². The monoisotopic (exact) mass is 592 g/mol. The van der Waals surface area contributed by atoms with Crippen LogP contribution in [0, 0.1) is 6.92 Å². The zero-order chi connectivity index (χ0) is 30.7. The smallest absolute Gasteiger partial charge is 0.0656 e. The minimum atomic E-state index is -1.57. The third kappa shape index (κ3) is 4.76. The van der Waals surface area contributed by atoms with Crippen LogP contribution in [0.2, 0.25) is 19.6 Å². The van der Waals surface area contributed by atoms with Crippen LogP contribution in [0.25, 0.3) is 76.5 Å². The second-order valence-electron chi connectivity index (χ2n) is 13.5. The summed E-state index contributed by atoms with van der Waals surface area (Å²) < 4.78 is 0. The fourth-order valence-corrected chi connectivity index (χ4v) is 8.21. The quantitative estimate of drug-likeness (QED) is 0.141. The maximum Gasteiger partial charge on any atom is 0.0776 e. The molecule has 8 rings (SSSR count). The van der Waals surface area contributed by atoms with E-state index in [2.05, 4.69) is 172 Å². The molecule has 45 heavy (non-hydrogen) atoms. The van der Waals surface area contributed by atoms with Crippen LogP contribution in [0.15, 0.2) is 146 Å². The van der Waals surface area contributed by atoms with Crippen molar-refractivity contribution in [2.75, 3.05) is 0 Å². The predicted octanol–water partition coefficient (Wildman–Crippen LogP) is 12.2. The van der Waals surface area contributed by atoms with Gasteiger partial charge in [0, 0.05) is 0 Å². The number of aryl methyl sites for hydroxylation is 1. The van der Waals surface area contributed by atoms with Crippen LogP contribution >= 0.6 is 0 Å². The summed E-state index contributed by atoms with van der Waals surface area (Å²) in [5.74, 6) is 0. The molecule has 0 saturated carbocycles. The maximum atomic E-state index is 2.52.